The molecule has 0 bridgehead atoms. The smallest absolute Gasteiger partial charge is 0.338 e. The maximum atomic E-state index is 11.2. The van der Waals surface area contributed by atoms with Crippen molar-refractivity contribution < 1.29 is 19.2 Å². The van der Waals surface area contributed by atoms with Gasteiger partial charge in [-0.1, -0.05) is 25.1 Å². The SMILES string of the molecule is CCC=O.O=C(OCC[N+](=O)[O-])c1ccccc1. The highest BCUT2D eigenvalue weighted by Crippen LogP contribution is 2.00. The van der Waals surface area contributed by atoms with E-state index in [2.05, 4.69) is 4.74 Å². The van der Waals surface area contributed by atoms with E-state index < -0.39 is 10.9 Å². The van der Waals surface area contributed by atoms with E-state index in [1.807, 2.05) is 6.92 Å². The molecule has 0 radical (unpaired) electrons. The Hall–Kier alpha value is -2.24. The number of rotatable bonds is 5. The predicted octanol–water partition coefficient (Wildman–Crippen LogP) is 1.72. The van der Waals surface area contributed by atoms with Crippen LogP contribution in [0.2, 0.25) is 0 Å². The molecule has 0 saturated heterocycles. The molecular formula is C12H15NO5. The van der Waals surface area contributed by atoms with Gasteiger partial charge in [0.05, 0.1) is 5.56 Å². The largest absolute Gasteiger partial charge is 0.455 e. The van der Waals surface area contributed by atoms with Gasteiger partial charge in [-0.05, 0) is 12.1 Å². The topological polar surface area (TPSA) is 86.5 Å². The first-order valence-electron chi connectivity index (χ1n) is 5.39. The standard InChI is InChI=1S/C9H9NO4.C3H6O/c11-9(14-7-6-10(12)13)8-4-2-1-3-5-8;1-2-3-4/h1-5H,6-7H2;3H,2H2,1H3. The predicted molar refractivity (Wildman–Crippen MR) is 64.9 cm³/mol. The van der Waals surface area contributed by atoms with Gasteiger partial charge in [-0.25, -0.2) is 4.79 Å². The molecule has 0 aliphatic heterocycles. The molecule has 1 aromatic carbocycles. The number of ether oxygens (including phenoxy) is 1. The van der Waals surface area contributed by atoms with Crippen LogP contribution in [0.3, 0.4) is 0 Å². The van der Waals surface area contributed by atoms with E-state index in [9.17, 15) is 19.7 Å². The molecule has 0 saturated carbocycles. The van der Waals surface area contributed by atoms with E-state index in [1.165, 1.54) is 0 Å². The van der Waals surface area contributed by atoms with Gasteiger partial charge in [-0.3, -0.25) is 10.1 Å². The summed E-state index contributed by atoms with van der Waals surface area (Å²) in [6, 6.07) is 8.35. The highest BCUT2D eigenvalue weighted by molar-refractivity contribution is 5.89. The van der Waals surface area contributed by atoms with Gasteiger partial charge in [-0.15, -0.1) is 0 Å². The Morgan fingerprint density at radius 3 is 2.39 bits per heavy atom. The molecule has 0 N–H and O–H groups in total. The van der Waals surface area contributed by atoms with Crippen molar-refractivity contribution in [2.75, 3.05) is 13.2 Å². The first-order valence-corrected chi connectivity index (χ1v) is 5.39. The normalized spacial score (nSPS) is 8.72. The van der Waals surface area contributed by atoms with Crippen molar-refractivity contribution in [1.82, 2.24) is 0 Å². The van der Waals surface area contributed by atoms with Crippen molar-refractivity contribution in [2.45, 2.75) is 13.3 Å². The highest BCUT2D eigenvalue weighted by atomic mass is 16.6. The second-order valence-corrected chi connectivity index (χ2v) is 3.13. The third-order valence-corrected chi connectivity index (χ3v) is 1.68. The summed E-state index contributed by atoms with van der Waals surface area (Å²) in [6.45, 7) is 1.26. The van der Waals surface area contributed by atoms with Crippen LogP contribution in [-0.2, 0) is 9.53 Å². The van der Waals surface area contributed by atoms with Crippen molar-refractivity contribution >= 4 is 12.3 Å². The summed E-state index contributed by atoms with van der Waals surface area (Å²) in [5, 5.41) is 9.93. The minimum atomic E-state index is -0.535. The zero-order valence-electron chi connectivity index (χ0n) is 10.1. The molecule has 0 aliphatic carbocycles. The fourth-order valence-corrected chi connectivity index (χ4v) is 0.870. The second kappa shape index (κ2) is 9.95. The molecule has 98 valence electrons. The van der Waals surface area contributed by atoms with Crippen LogP contribution in [0.4, 0.5) is 0 Å². The van der Waals surface area contributed by atoms with E-state index in [0.717, 1.165) is 6.29 Å². The number of carbonyl (C=O) groups excluding carboxylic acids is 2. The molecule has 6 heteroatoms. The number of carbonyl (C=O) groups is 2. The maximum Gasteiger partial charge on any atom is 0.338 e. The summed E-state index contributed by atoms with van der Waals surface area (Å²) >= 11 is 0. The van der Waals surface area contributed by atoms with Crippen LogP contribution < -0.4 is 0 Å². The van der Waals surface area contributed by atoms with Crippen LogP contribution in [0, 0.1) is 10.1 Å². The van der Waals surface area contributed by atoms with Gasteiger partial charge in [0.15, 0.2) is 6.61 Å². The molecule has 1 rings (SSSR count). The summed E-state index contributed by atoms with van der Waals surface area (Å²) in [5.41, 5.74) is 0.399. The van der Waals surface area contributed by atoms with Crippen LogP contribution in [0.25, 0.3) is 0 Å². The summed E-state index contributed by atoms with van der Waals surface area (Å²) in [7, 11) is 0. The Bertz CT molecular complexity index is 377. The summed E-state index contributed by atoms with van der Waals surface area (Å²) < 4.78 is 4.66. The number of aldehydes is 1. The van der Waals surface area contributed by atoms with Crippen molar-refractivity contribution in [3.63, 3.8) is 0 Å². The molecule has 0 aromatic heterocycles. The fraction of sp³-hybridized carbons (Fsp3) is 0.333. The molecule has 0 fully saturated rings. The lowest BCUT2D eigenvalue weighted by molar-refractivity contribution is -0.482. The molecule has 0 amide bonds. The van der Waals surface area contributed by atoms with Crippen molar-refractivity contribution in [1.29, 1.82) is 0 Å². The maximum absolute atomic E-state index is 11.2. The number of hydrogen-bond acceptors (Lipinski definition) is 5. The van der Waals surface area contributed by atoms with Gasteiger partial charge in [0.25, 0.3) is 0 Å². The molecule has 0 spiro atoms. The van der Waals surface area contributed by atoms with Crippen LogP contribution in [0.5, 0.6) is 0 Å². The van der Waals surface area contributed by atoms with Gasteiger partial charge >= 0.3 is 5.97 Å². The zero-order valence-corrected chi connectivity index (χ0v) is 10.1. The van der Waals surface area contributed by atoms with Gasteiger partial charge in [0.2, 0.25) is 6.54 Å². The summed E-state index contributed by atoms with van der Waals surface area (Å²) in [5.74, 6) is -0.535. The Morgan fingerprint density at radius 1 is 1.39 bits per heavy atom. The van der Waals surface area contributed by atoms with E-state index in [-0.39, 0.29) is 13.2 Å². The fourth-order valence-electron chi connectivity index (χ4n) is 0.870. The molecule has 1 aromatic rings. The Balaban J connectivity index is 0.000000631. The van der Waals surface area contributed by atoms with Crippen LogP contribution in [0.1, 0.15) is 23.7 Å². The van der Waals surface area contributed by atoms with Crippen molar-refractivity contribution in [3.8, 4) is 0 Å². The van der Waals surface area contributed by atoms with Gasteiger partial charge in [0.1, 0.15) is 6.29 Å². The third kappa shape index (κ3) is 7.98. The molecule has 18 heavy (non-hydrogen) atoms. The molecule has 0 unspecified atom stereocenters. The van der Waals surface area contributed by atoms with Gasteiger partial charge in [0, 0.05) is 11.3 Å². The van der Waals surface area contributed by atoms with E-state index in [1.54, 1.807) is 30.3 Å². The Labute approximate surface area is 105 Å². The van der Waals surface area contributed by atoms with Crippen molar-refractivity contribution in [2.24, 2.45) is 0 Å². The molecular weight excluding hydrogens is 238 g/mol. The van der Waals surface area contributed by atoms with Crippen LogP contribution >= 0.6 is 0 Å². The average molecular weight is 253 g/mol. The lowest BCUT2D eigenvalue weighted by Crippen LogP contribution is -2.13. The Morgan fingerprint density at radius 2 is 1.94 bits per heavy atom. The molecule has 6 nitrogen and oxygen atoms in total. The van der Waals surface area contributed by atoms with Gasteiger partial charge < -0.3 is 9.53 Å². The molecule has 0 aliphatic rings. The van der Waals surface area contributed by atoms with Crippen LogP contribution in [-0.4, -0.2) is 30.3 Å². The summed E-state index contributed by atoms with van der Waals surface area (Å²) in [4.78, 5) is 29.8. The van der Waals surface area contributed by atoms with E-state index in [4.69, 9.17) is 0 Å². The van der Waals surface area contributed by atoms with E-state index in [0.29, 0.717) is 12.0 Å². The van der Waals surface area contributed by atoms with Crippen molar-refractivity contribution in [3.05, 3.63) is 46.0 Å². The quantitative estimate of drug-likeness (QED) is 0.345. The third-order valence-electron chi connectivity index (χ3n) is 1.68. The zero-order chi connectivity index (χ0) is 13.8. The highest BCUT2D eigenvalue weighted by Gasteiger charge is 2.06. The number of esters is 1. The lowest BCUT2D eigenvalue weighted by Gasteiger charge is -2.00. The van der Waals surface area contributed by atoms with Crippen LogP contribution in [0.15, 0.2) is 30.3 Å². The first-order chi connectivity index (χ1) is 8.61. The average Bonchev–Trinajstić information content (AvgIpc) is 2.39. The summed E-state index contributed by atoms with van der Waals surface area (Å²) in [6.07, 6.45) is 1.51. The molecule has 0 atom stereocenters. The Kier molecular flexibility index (Phi) is 8.71. The minimum Gasteiger partial charge on any atom is -0.455 e. The number of nitro groups is 1. The number of nitrogens with zero attached hydrogens (tertiary/aromatic N) is 1. The number of benzene rings is 1. The first kappa shape index (κ1) is 15.8. The van der Waals surface area contributed by atoms with Gasteiger partial charge in [-0.2, -0.15) is 0 Å². The van der Waals surface area contributed by atoms with E-state index >= 15 is 0 Å². The molecule has 0 heterocycles. The lowest BCUT2D eigenvalue weighted by atomic mass is 10.2. The number of hydrogen-bond donors (Lipinski definition) is 0. The second-order valence-electron chi connectivity index (χ2n) is 3.13. The minimum absolute atomic E-state index is 0.194. The monoisotopic (exact) mass is 253 g/mol.